The minimum atomic E-state index is -0.691. The van der Waals surface area contributed by atoms with Gasteiger partial charge in [-0.2, -0.15) is 0 Å². The summed E-state index contributed by atoms with van der Waals surface area (Å²) < 4.78 is 16.3. The molecule has 128 valence electrons. The van der Waals surface area contributed by atoms with Crippen LogP contribution < -0.4 is 16.0 Å². The van der Waals surface area contributed by atoms with E-state index in [9.17, 15) is 14.7 Å². The Kier molecular flexibility index (Phi) is 2.70. The van der Waals surface area contributed by atoms with Gasteiger partial charge in [0.2, 0.25) is 0 Å². The van der Waals surface area contributed by atoms with Crippen molar-refractivity contribution in [2.75, 3.05) is 7.11 Å². The predicted molar refractivity (Wildman–Crippen MR) is 97.7 cm³/mol. The van der Waals surface area contributed by atoms with Crippen LogP contribution in [0.4, 0.5) is 0 Å². The highest BCUT2D eigenvalue weighted by Gasteiger charge is 2.25. The highest BCUT2D eigenvalue weighted by atomic mass is 16.5. The van der Waals surface area contributed by atoms with Crippen molar-refractivity contribution < 1.29 is 18.7 Å². The maximum Gasteiger partial charge on any atom is 0.348 e. The Morgan fingerprint density at radius 1 is 0.885 bits per heavy atom. The van der Waals surface area contributed by atoms with Crippen LogP contribution in [0.5, 0.6) is 11.5 Å². The number of fused-ring (bicyclic) bond motifs is 2. The zero-order chi connectivity index (χ0) is 18.2. The lowest BCUT2D eigenvalue weighted by molar-refractivity contribution is 0.417. The van der Waals surface area contributed by atoms with Crippen LogP contribution in [0.2, 0.25) is 0 Å². The molecule has 0 saturated carbocycles. The van der Waals surface area contributed by atoms with Crippen molar-refractivity contribution in [3.8, 4) is 11.5 Å². The summed E-state index contributed by atoms with van der Waals surface area (Å²) in [4.78, 5) is 25.3. The number of hydrogen-bond donors (Lipinski definition) is 1. The molecule has 0 atom stereocenters. The van der Waals surface area contributed by atoms with E-state index in [4.69, 9.17) is 13.6 Å². The fourth-order valence-corrected chi connectivity index (χ4v) is 3.76. The number of benzene rings is 3. The van der Waals surface area contributed by atoms with Crippen LogP contribution in [0.3, 0.4) is 0 Å². The van der Waals surface area contributed by atoms with Gasteiger partial charge in [-0.25, -0.2) is 9.59 Å². The third kappa shape index (κ3) is 1.61. The molecule has 0 amide bonds. The smallest absolute Gasteiger partial charge is 0.348 e. The van der Waals surface area contributed by atoms with E-state index in [2.05, 4.69) is 0 Å². The number of aryl methyl sites for hydroxylation is 1. The quantitative estimate of drug-likeness (QED) is 0.282. The second-order valence-corrected chi connectivity index (χ2v) is 6.22. The molecule has 6 nitrogen and oxygen atoms in total. The molecular weight excluding hydrogens is 336 g/mol. The SMILES string of the molecule is COc1ccc2oc(=O)c3c(O)c4cccc(C)c4c4oc(=O)c1c2c34. The minimum Gasteiger partial charge on any atom is -0.506 e. The van der Waals surface area contributed by atoms with Gasteiger partial charge in [-0.3, -0.25) is 0 Å². The van der Waals surface area contributed by atoms with Crippen molar-refractivity contribution in [3.63, 3.8) is 0 Å². The summed E-state index contributed by atoms with van der Waals surface area (Å²) in [5, 5.41) is 12.7. The molecule has 0 radical (unpaired) electrons. The first-order valence-electron chi connectivity index (χ1n) is 7.97. The van der Waals surface area contributed by atoms with Gasteiger partial charge < -0.3 is 18.7 Å². The van der Waals surface area contributed by atoms with Gasteiger partial charge in [0.15, 0.2) is 0 Å². The molecule has 26 heavy (non-hydrogen) atoms. The van der Waals surface area contributed by atoms with E-state index in [1.807, 2.05) is 13.0 Å². The molecule has 5 rings (SSSR count). The Bertz CT molecular complexity index is 1470. The molecule has 0 fully saturated rings. The lowest BCUT2D eigenvalue weighted by Gasteiger charge is -2.14. The van der Waals surface area contributed by atoms with E-state index in [-0.39, 0.29) is 27.7 Å². The second kappa shape index (κ2) is 4.76. The number of phenolic OH excluding ortho intramolecular Hbond substituents is 1. The first-order valence-corrected chi connectivity index (χ1v) is 7.97. The van der Waals surface area contributed by atoms with Crippen LogP contribution >= 0.6 is 0 Å². The normalized spacial score (nSPS) is 11.9. The molecule has 3 aromatic carbocycles. The summed E-state index contributed by atoms with van der Waals surface area (Å²) in [5.41, 5.74) is 0.0300. The van der Waals surface area contributed by atoms with Crippen LogP contribution in [-0.2, 0) is 0 Å². The molecule has 2 heterocycles. The van der Waals surface area contributed by atoms with Crippen molar-refractivity contribution >= 4 is 43.5 Å². The molecule has 0 saturated heterocycles. The van der Waals surface area contributed by atoms with Crippen molar-refractivity contribution in [3.05, 3.63) is 56.7 Å². The van der Waals surface area contributed by atoms with Crippen LogP contribution in [0.1, 0.15) is 5.56 Å². The molecule has 0 spiro atoms. The number of aromatic hydroxyl groups is 1. The third-order valence-electron chi connectivity index (χ3n) is 4.87. The number of hydrogen-bond acceptors (Lipinski definition) is 6. The second-order valence-electron chi connectivity index (χ2n) is 6.22. The maximum atomic E-state index is 12.7. The van der Waals surface area contributed by atoms with Gasteiger partial charge in [0, 0.05) is 21.5 Å². The van der Waals surface area contributed by atoms with Crippen molar-refractivity contribution in [1.82, 2.24) is 0 Å². The highest BCUT2D eigenvalue weighted by molar-refractivity contribution is 6.28. The number of phenols is 1. The number of rotatable bonds is 1. The van der Waals surface area contributed by atoms with E-state index in [0.717, 1.165) is 5.56 Å². The maximum absolute atomic E-state index is 12.7. The molecule has 0 unspecified atom stereocenters. The molecule has 0 aliphatic heterocycles. The van der Waals surface area contributed by atoms with Gasteiger partial charge in [-0.05, 0) is 24.6 Å². The van der Waals surface area contributed by atoms with Crippen LogP contribution in [-0.4, -0.2) is 12.2 Å². The van der Waals surface area contributed by atoms with E-state index < -0.39 is 11.3 Å². The fourth-order valence-electron chi connectivity index (χ4n) is 3.76. The van der Waals surface area contributed by atoms with Crippen molar-refractivity contribution in [2.24, 2.45) is 0 Å². The summed E-state index contributed by atoms with van der Waals surface area (Å²) in [6.45, 7) is 1.85. The monoisotopic (exact) mass is 348 g/mol. The first-order chi connectivity index (χ1) is 12.5. The lowest BCUT2D eigenvalue weighted by Crippen LogP contribution is -2.08. The molecule has 1 N–H and O–H groups in total. The number of ether oxygens (including phenoxy) is 1. The summed E-state index contributed by atoms with van der Waals surface area (Å²) in [5.74, 6) is 0.123. The van der Waals surface area contributed by atoms with Crippen LogP contribution in [0.15, 0.2) is 48.8 Å². The average Bonchev–Trinajstić information content (AvgIpc) is 2.63. The van der Waals surface area contributed by atoms with Gasteiger partial charge in [0.05, 0.1) is 7.11 Å². The molecule has 2 aromatic heterocycles. The largest absolute Gasteiger partial charge is 0.506 e. The Morgan fingerprint density at radius 3 is 2.42 bits per heavy atom. The molecule has 0 aliphatic rings. The Balaban J connectivity index is 2.30. The Hall–Kier alpha value is -3.54. The van der Waals surface area contributed by atoms with Crippen LogP contribution in [0, 0.1) is 6.92 Å². The van der Waals surface area contributed by atoms with Crippen LogP contribution in [0.25, 0.3) is 43.5 Å². The van der Waals surface area contributed by atoms with Gasteiger partial charge in [-0.15, -0.1) is 0 Å². The summed E-state index contributed by atoms with van der Waals surface area (Å²) in [6, 6.07) is 8.40. The van der Waals surface area contributed by atoms with Gasteiger partial charge >= 0.3 is 11.3 Å². The zero-order valence-corrected chi connectivity index (χ0v) is 13.9. The lowest BCUT2D eigenvalue weighted by atomic mass is 9.95. The topological polar surface area (TPSA) is 89.9 Å². The summed E-state index contributed by atoms with van der Waals surface area (Å²) in [6.07, 6.45) is 0. The minimum absolute atomic E-state index is 0.00685. The average molecular weight is 348 g/mol. The van der Waals surface area contributed by atoms with Gasteiger partial charge in [0.1, 0.15) is 33.4 Å². The van der Waals surface area contributed by atoms with E-state index >= 15 is 0 Å². The van der Waals surface area contributed by atoms with Gasteiger partial charge in [-0.1, -0.05) is 18.2 Å². The Morgan fingerprint density at radius 2 is 1.65 bits per heavy atom. The predicted octanol–water partition coefficient (Wildman–Crippen LogP) is 3.67. The van der Waals surface area contributed by atoms with Gasteiger partial charge in [0.25, 0.3) is 0 Å². The standard InChI is InChI=1S/C20H12O6/c1-8-4-3-5-9-12(8)18-15-13-11(25-20(23)16(15)17(9)21)7-6-10(24-2)14(13)19(22)26-18/h3-7,21H,1-2H3. The van der Waals surface area contributed by atoms with Crippen molar-refractivity contribution in [1.29, 1.82) is 0 Å². The summed E-state index contributed by atoms with van der Waals surface area (Å²) in [7, 11) is 1.44. The fraction of sp³-hybridized carbons (Fsp3) is 0.100. The molecule has 0 aliphatic carbocycles. The van der Waals surface area contributed by atoms with E-state index in [0.29, 0.717) is 27.3 Å². The molecule has 5 aromatic rings. The molecular formula is C20H12O6. The van der Waals surface area contributed by atoms with E-state index in [1.165, 1.54) is 7.11 Å². The van der Waals surface area contributed by atoms with Crippen molar-refractivity contribution in [2.45, 2.75) is 6.92 Å². The number of methoxy groups -OCH3 is 1. The third-order valence-corrected chi connectivity index (χ3v) is 4.87. The highest BCUT2D eigenvalue weighted by Crippen LogP contribution is 2.43. The summed E-state index contributed by atoms with van der Waals surface area (Å²) >= 11 is 0. The Labute approximate surface area is 145 Å². The molecule has 0 bridgehead atoms. The first kappa shape index (κ1) is 14.8. The van der Waals surface area contributed by atoms with E-state index in [1.54, 1.807) is 24.3 Å². The zero-order valence-electron chi connectivity index (χ0n) is 13.9. The molecule has 6 heteroatoms.